The van der Waals surface area contributed by atoms with Gasteiger partial charge in [0.15, 0.2) is 17.5 Å². The van der Waals surface area contributed by atoms with Crippen LogP contribution in [-0.4, -0.2) is 47.8 Å². The van der Waals surface area contributed by atoms with Crippen molar-refractivity contribution in [3.8, 4) is 11.3 Å². The van der Waals surface area contributed by atoms with Crippen LogP contribution in [0.3, 0.4) is 0 Å². The molecule has 0 amide bonds. The first-order valence-corrected chi connectivity index (χ1v) is 11.2. The quantitative estimate of drug-likeness (QED) is 0.244. The van der Waals surface area contributed by atoms with E-state index in [2.05, 4.69) is 15.0 Å². The van der Waals surface area contributed by atoms with Gasteiger partial charge in [0.25, 0.3) is 6.43 Å². The predicted molar refractivity (Wildman–Crippen MR) is 123 cm³/mol. The summed E-state index contributed by atoms with van der Waals surface area (Å²) in [5.74, 6) is -4.68. The Kier molecular flexibility index (Phi) is 6.33. The van der Waals surface area contributed by atoms with Crippen LogP contribution in [0.1, 0.15) is 24.5 Å². The van der Waals surface area contributed by atoms with Gasteiger partial charge < -0.3 is 20.2 Å². The number of hydrogen-bond donors (Lipinski definition) is 3. The van der Waals surface area contributed by atoms with Crippen LogP contribution >= 0.6 is 0 Å². The average molecular weight is 535 g/mol. The van der Waals surface area contributed by atoms with E-state index in [1.807, 2.05) is 0 Å². The van der Waals surface area contributed by atoms with Gasteiger partial charge in [-0.25, -0.2) is 31.3 Å². The minimum atomic E-state index is -3.89. The first kappa shape index (κ1) is 25.6. The Hall–Kier alpha value is -4.01. The second kappa shape index (κ2) is 9.38. The van der Waals surface area contributed by atoms with Gasteiger partial charge in [0.05, 0.1) is 35.0 Å². The molecule has 2 aromatic heterocycles. The molecule has 198 valence electrons. The van der Waals surface area contributed by atoms with E-state index in [9.17, 15) is 37.7 Å². The van der Waals surface area contributed by atoms with E-state index >= 15 is 4.39 Å². The molecule has 0 spiro atoms. The Morgan fingerprint density at radius 2 is 1.79 bits per heavy atom. The fourth-order valence-corrected chi connectivity index (χ4v) is 4.13. The number of alkyl halides is 2. The van der Waals surface area contributed by atoms with E-state index in [1.165, 1.54) is 18.5 Å². The molecule has 1 aliphatic rings. The van der Waals surface area contributed by atoms with Crippen LogP contribution in [0.4, 0.5) is 33.5 Å². The van der Waals surface area contributed by atoms with Gasteiger partial charge >= 0.3 is 11.8 Å². The Labute approximate surface area is 210 Å². The lowest BCUT2D eigenvalue weighted by molar-refractivity contribution is -0.374. The Balaban J connectivity index is 1.72. The molecule has 0 atom stereocenters. The fraction of sp³-hybridized carbons (Fsp3) is 0.250. The first-order valence-electron chi connectivity index (χ1n) is 11.2. The van der Waals surface area contributed by atoms with Crippen LogP contribution in [0.25, 0.3) is 22.2 Å². The Morgan fingerprint density at radius 3 is 2.39 bits per heavy atom. The molecule has 14 heteroatoms. The SMILES string of the molecule is O=c1nc(N(CC(F)F)c2cc(F)cc(-c3cnc(C4CC4)cn3)c2)c2c(F)c(F)ccc2n1C(O)(O)O. The summed E-state index contributed by atoms with van der Waals surface area (Å²) in [5.41, 5.74) is -1.66. The van der Waals surface area contributed by atoms with Crippen LogP contribution in [0.5, 0.6) is 0 Å². The number of aliphatic hydroxyl groups is 3. The van der Waals surface area contributed by atoms with E-state index in [0.29, 0.717) is 23.0 Å². The molecule has 1 aliphatic carbocycles. The molecule has 1 fully saturated rings. The molecule has 38 heavy (non-hydrogen) atoms. The lowest BCUT2D eigenvalue weighted by Gasteiger charge is -2.27. The Bertz CT molecular complexity index is 1590. The molecule has 2 heterocycles. The van der Waals surface area contributed by atoms with E-state index in [4.69, 9.17) is 0 Å². The number of anilines is 2. The van der Waals surface area contributed by atoms with Crippen LogP contribution < -0.4 is 10.6 Å². The molecule has 0 aliphatic heterocycles. The van der Waals surface area contributed by atoms with Crippen molar-refractivity contribution in [1.82, 2.24) is 19.5 Å². The molecule has 3 N–H and O–H groups in total. The minimum Gasteiger partial charge on any atom is -0.325 e. The lowest BCUT2D eigenvalue weighted by atomic mass is 10.1. The van der Waals surface area contributed by atoms with Crippen molar-refractivity contribution in [2.75, 3.05) is 11.4 Å². The molecule has 2 aromatic carbocycles. The fourth-order valence-electron chi connectivity index (χ4n) is 4.13. The average Bonchev–Trinajstić information content (AvgIpc) is 3.69. The summed E-state index contributed by atoms with van der Waals surface area (Å²) in [6, 6.07) is 4.32. The van der Waals surface area contributed by atoms with Crippen molar-refractivity contribution < 1.29 is 37.3 Å². The third-order valence-electron chi connectivity index (χ3n) is 5.96. The number of aromatic nitrogens is 4. The number of fused-ring (bicyclic) bond motifs is 1. The molecular weight excluding hydrogens is 517 g/mol. The number of benzene rings is 2. The highest BCUT2D eigenvalue weighted by Gasteiger charge is 2.32. The van der Waals surface area contributed by atoms with Crippen LogP contribution in [0.2, 0.25) is 0 Å². The van der Waals surface area contributed by atoms with Crippen molar-refractivity contribution in [3.63, 3.8) is 0 Å². The van der Waals surface area contributed by atoms with Gasteiger partial charge in [-0.1, -0.05) is 0 Å². The van der Waals surface area contributed by atoms with Gasteiger partial charge in [-0.15, -0.1) is 0 Å². The highest BCUT2D eigenvalue weighted by atomic mass is 19.3. The summed E-state index contributed by atoms with van der Waals surface area (Å²) in [6.45, 7) is -1.25. The molecule has 5 rings (SSSR count). The van der Waals surface area contributed by atoms with Gasteiger partial charge in [-0.3, -0.25) is 9.97 Å². The smallest absolute Gasteiger partial charge is 0.325 e. The summed E-state index contributed by atoms with van der Waals surface area (Å²) < 4.78 is 71.2. The zero-order chi connectivity index (χ0) is 27.4. The third kappa shape index (κ3) is 4.80. The van der Waals surface area contributed by atoms with Crippen LogP contribution in [0, 0.1) is 17.5 Å². The van der Waals surface area contributed by atoms with E-state index in [0.717, 1.165) is 30.7 Å². The van der Waals surface area contributed by atoms with E-state index < -0.39 is 58.9 Å². The number of rotatable bonds is 7. The number of nitrogens with zero attached hydrogens (tertiary/aromatic N) is 5. The van der Waals surface area contributed by atoms with Gasteiger partial charge in [-0.2, -0.15) is 4.98 Å². The van der Waals surface area contributed by atoms with Crippen LogP contribution in [0.15, 0.2) is 47.5 Å². The van der Waals surface area contributed by atoms with Gasteiger partial charge in [-0.05, 0) is 43.2 Å². The summed E-state index contributed by atoms with van der Waals surface area (Å²) in [5, 5.41) is 27.8. The van der Waals surface area contributed by atoms with Crippen LogP contribution in [-0.2, 0) is 6.10 Å². The van der Waals surface area contributed by atoms with Crippen molar-refractivity contribution in [2.45, 2.75) is 31.3 Å². The largest absolute Gasteiger partial charge is 0.377 e. The topological polar surface area (TPSA) is 125 Å². The molecule has 9 nitrogen and oxygen atoms in total. The molecule has 0 bridgehead atoms. The molecule has 0 unspecified atom stereocenters. The maximum atomic E-state index is 15.0. The van der Waals surface area contributed by atoms with Gasteiger partial charge in [0.2, 0.25) is 0 Å². The zero-order valence-corrected chi connectivity index (χ0v) is 19.2. The third-order valence-corrected chi connectivity index (χ3v) is 5.96. The van der Waals surface area contributed by atoms with Gasteiger partial charge in [0.1, 0.15) is 5.82 Å². The highest BCUT2D eigenvalue weighted by molar-refractivity contribution is 5.93. The first-order chi connectivity index (χ1) is 17.9. The van der Waals surface area contributed by atoms with Crippen molar-refractivity contribution in [1.29, 1.82) is 0 Å². The van der Waals surface area contributed by atoms with Crippen molar-refractivity contribution in [3.05, 3.63) is 76.4 Å². The van der Waals surface area contributed by atoms with Gasteiger partial charge in [0, 0.05) is 23.4 Å². The second-order valence-electron chi connectivity index (χ2n) is 8.71. The minimum absolute atomic E-state index is 0.110. The standard InChI is InChI=1S/C24H18F5N5O4/c25-13-5-12(17-9-30-16(8-31-17)11-1-2-11)6-14(7-13)33(10-19(27)28)22-20-18(4-3-15(26)21(20)29)34(23(35)32-22)24(36,37)38/h3-9,11,19,36-38H,1-2,10H2. The highest BCUT2D eigenvalue weighted by Crippen LogP contribution is 2.39. The second-order valence-corrected chi connectivity index (χ2v) is 8.71. The molecule has 4 aromatic rings. The molecular formula is C24H18F5N5O4. The zero-order valence-electron chi connectivity index (χ0n) is 19.2. The maximum Gasteiger partial charge on any atom is 0.377 e. The Morgan fingerprint density at radius 1 is 1.05 bits per heavy atom. The number of halogens is 5. The molecule has 0 radical (unpaired) electrons. The summed E-state index contributed by atoms with van der Waals surface area (Å²) in [7, 11) is 0. The monoisotopic (exact) mass is 535 g/mol. The maximum absolute atomic E-state index is 15.0. The summed E-state index contributed by atoms with van der Waals surface area (Å²) in [4.78, 5) is 25.2. The van der Waals surface area contributed by atoms with Crippen molar-refractivity contribution in [2.24, 2.45) is 0 Å². The lowest BCUT2D eigenvalue weighted by Crippen LogP contribution is -2.43. The van der Waals surface area contributed by atoms with Crippen molar-refractivity contribution >= 4 is 22.4 Å². The summed E-state index contributed by atoms with van der Waals surface area (Å²) >= 11 is 0. The normalized spacial score (nSPS) is 13.9. The predicted octanol–water partition coefficient (Wildman–Crippen LogP) is 3.10. The molecule has 1 saturated carbocycles. The summed E-state index contributed by atoms with van der Waals surface area (Å²) in [6.07, 6.45) is -2.18. The van der Waals surface area contributed by atoms with E-state index in [1.54, 1.807) is 0 Å². The molecule has 0 saturated heterocycles. The van der Waals surface area contributed by atoms with E-state index in [-0.39, 0.29) is 21.5 Å². The number of hydrogen-bond acceptors (Lipinski definition) is 8.